The standard InChI is InChI=1S/C31H43N3O5/c1-5-12-26(30(36)33-38-4)27(19-22(2)3)29(35)32-28-17-9-10-18-34(31(28)37)21-23-13-11-16-25(20-23)39-24-14-7-6-8-15-24/h6-8,11,13-16,20,22,26-28H,5,9-10,12,17-19,21H2,1-4H3,(H,32,35)(H,33,36). The van der Waals surface area contributed by atoms with Gasteiger partial charge in [-0.3, -0.25) is 19.2 Å². The molecule has 1 aliphatic rings. The normalized spacial score (nSPS) is 17.3. The summed E-state index contributed by atoms with van der Waals surface area (Å²) in [5, 5.41) is 3.03. The van der Waals surface area contributed by atoms with Gasteiger partial charge in [0.2, 0.25) is 17.7 Å². The van der Waals surface area contributed by atoms with Crippen molar-refractivity contribution in [3.8, 4) is 11.5 Å². The van der Waals surface area contributed by atoms with Crippen molar-refractivity contribution in [1.29, 1.82) is 0 Å². The van der Waals surface area contributed by atoms with Crippen molar-refractivity contribution in [2.45, 2.75) is 71.9 Å². The van der Waals surface area contributed by atoms with Crippen LogP contribution in [-0.2, 0) is 25.8 Å². The molecule has 39 heavy (non-hydrogen) atoms. The van der Waals surface area contributed by atoms with E-state index in [1.54, 1.807) is 0 Å². The number of benzene rings is 2. The Morgan fingerprint density at radius 1 is 1.00 bits per heavy atom. The number of nitrogens with one attached hydrogen (secondary N) is 2. The first-order valence-electron chi connectivity index (χ1n) is 14.1. The van der Waals surface area contributed by atoms with Gasteiger partial charge in [0.1, 0.15) is 17.5 Å². The van der Waals surface area contributed by atoms with Crippen LogP contribution in [0, 0.1) is 17.8 Å². The Labute approximate surface area is 232 Å². The lowest BCUT2D eigenvalue weighted by molar-refractivity contribution is -0.144. The Morgan fingerprint density at radius 3 is 2.44 bits per heavy atom. The molecule has 0 bridgehead atoms. The minimum Gasteiger partial charge on any atom is -0.457 e. The van der Waals surface area contributed by atoms with Crippen molar-refractivity contribution in [2.24, 2.45) is 17.8 Å². The van der Waals surface area contributed by atoms with E-state index in [1.165, 1.54) is 7.11 Å². The van der Waals surface area contributed by atoms with Gasteiger partial charge in [0.05, 0.1) is 13.0 Å². The van der Waals surface area contributed by atoms with Crippen LogP contribution in [0.15, 0.2) is 54.6 Å². The summed E-state index contributed by atoms with van der Waals surface area (Å²) in [4.78, 5) is 46.7. The smallest absolute Gasteiger partial charge is 0.247 e. The molecule has 8 heteroatoms. The lowest BCUT2D eigenvalue weighted by Crippen LogP contribution is -2.51. The Hall–Kier alpha value is -3.39. The average Bonchev–Trinajstić information content (AvgIpc) is 3.08. The van der Waals surface area contributed by atoms with Gasteiger partial charge < -0.3 is 15.0 Å². The third-order valence-corrected chi connectivity index (χ3v) is 7.03. The fourth-order valence-corrected chi connectivity index (χ4v) is 5.19. The van der Waals surface area contributed by atoms with Crippen LogP contribution in [0.4, 0.5) is 0 Å². The third kappa shape index (κ3) is 9.10. The second kappa shape index (κ2) is 15.3. The van der Waals surface area contributed by atoms with E-state index in [0.717, 1.165) is 30.6 Å². The fourth-order valence-electron chi connectivity index (χ4n) is 5.19. The topological polar surface area (TPSA) is 97.0 Å². The van der Waals surface area contributed by atoms with Crippen LogP contribution < -0.4 is 15.5 Å². The van der Waals surface area contributed by atoms with Gasteiger partial charge in [0.15, 0.2) is 0 Å². The van der Waals surface area contributed by atoms with Gasteiger partial charge in [-0.05, 0) is 67.9 Å². The Balaban J connectivity index is 1.72. The monoisotopic (exact) mass is 537 g/mol. The van der Waals surface area contributed by atoms with Crippen LogP contribution in [0.1, 0.15) is 64.9 Å². The SMILES string of the molecule is CCCC(C(=O)NOC)C(CC(C)C)C(=O)NC1CCCCN(Cc2cccc(Oc3ccccc3)c2)C1=O. The summed E-state index contributed by atoms with van der Waals surface area (Å²) in [6.45, 7) is 7.11. The maximum atomic E-state index is 13.6. The molecule has 8 nitrogen and oxygen atoms in total. The largest absolute Gasteiger partial charge is 0.457 e. The maximum Gasteiger partial charge on any atom is 0.247 e. The summed E-state index contributed by atoms with van der Waals surface area (Å²) in [5.41, 5.74) is 3.37. The van der Waals surface area contributed by atoms with Crippen LogP contribution in [-0.4, -0.2) is 42.3 Å². The van der Waals surface area contributed by atoms with Gasteiger partial charge in [-0.25, -0.2) is 5.48 Å². The number of hydrogen-bond donors (Lipinski definition) is 2. The number of para-hydroxylation sites is 1. The van der Waals surface area contributed by atoms with Gasteiger partial charge in [-0.2, -0.15) is 0 Å². The van der Waals surface area contributed by atoms with Crippen molar-refractivity contribution in [2.75, 3.05) is 13.7 Å². The maximum absolute atomic E-state index is 13.6. The molecule has 0 radical (unpaired) electrons. The van der Waals surface area contributed by atoms with Gasteiger partial charge in [-0.1, -0.05) is 57.5 Å². The van der Waals surface area contributed by atoms with Gasteiger partial charge in [0, 0.05) is 19.0 Å². The molecule has 1 saturated heterocycles. The summed E-state index contributed by atoms with van der Waals surface area (Å²) < 4.78 is 5.97. The zero-order valence-electron chi connectivity index (χ0n) is 23.7. The first-order chi connectivity index (χ1) is 18.8. The van der Waals surface area contributed by atoms with E-state index in [9.17, 15) is 14.4 Å². The summed E-state index contributed by atoms with van der Waals surface area (Å²) in [7, 11) is 1.39. The summed E-state index contributed by atoms with van der Waals surface area (Å²) in [6.07, 6.45) is 4.14. The first kappa shape index (κ1) is 30.2. The first-order valence-corrected chi connectivity index (χ1v) is 14.1. The number of ether oxygens (including phenoxy) is 1. The van der Waals surface area contributed by atoms with E-state index in [2.05, 4.69) is 10.8 Å². The average molecular weight is 538 g/mol. The lowest BCUT2D eigenvalue weighted by atomic mass is 9.81. The van der Waals surface area contributed by atoms with Gasteiger partial charge >= 0.3 is 0 Å². The minimum absolute atomic E-state index is 0.0908. The number of amides is 3. The molecule has 0 aromatic heterocycles. The Bertz CT molecular complexity index is 1070. The molecule has 3 unspecified atom stereocenters. The van der Waals surface area contributed by atoms with E-state index in [4.69, 9.17) is 9.57 Å². The molecule has 0 saturated carbocycles. The Morgan fingerprint density at radius 2 is 1.74 bits per heavy atom. The number of hydroxylamine groups is 1. The summed E-state index contributed by atoms with van der Waals surface area (Å²) in [6, 6.07) is 16.7. The van der Waals surface area contributed by atoms with Crippen LogP contribution in [0.25, 0.3) is 0 Å². The molecule has 1 aliphatic heterocycles. The van der Waals surface area contributed by atoms with Crippen LogP contribution in [0.5, 0.6) is 11.5 Å². The Kier molecular flexibility index (Phi) is 11.8. The molecule has 2 aromatic carbocycles. The molecule has 2 aromatic rings. The summed E-state index contributed by atoms with van der Waals surface area (Å²) >= 11 is 0. The molecule has 3 rings (SSSR count). The molecular formula is C31H43N3O5. The molecule has 0 spiro atoms. The second-order valence-corrected chi connectivity index (χ2v) is 10.7. The second-order valence-electron chi connectivity index (χ2n) is 10.7. The van der Waals surface area contributed by atoms with Crippen LogP contribution >= 0.6 is 0 Å². The quantitative estimate of drug-likeness (QED) is 0.341. The van der Waals surface area contributed by atoms with Crippen molar-refractivity contribution in [3.63, 3.8) is 0 Å². The van der Waals surface area contributed by atoms with Crippen molar-refractivity contribution in [3.05, 3.63) is 60.2 Å². The molecule has 3 amide bonds. The summed E-state index contributed by atoms with van der Waals surface area (Å²) in [5.74, 6) is -0.0379. The lowest BCUT2D eigenvalue weighted by Gasteiger charge is -2.29. The zero-order chi connectivity index (χ0) is 28.2. The molecular weight excluding hydrogens is 494 g/mol. The highest BCUT2D eigenvalue weighted by Gasteiger charge is 2.36. The number of hydrogen-bond acceptors (Lipinski definition) is 5. The van der Waals surface area contributed by atoms with Crippen molar-refractivity contribution in [1.82, 2.24) is 15.7 Å². The van der Waals surface area contributed by atoms with E-state index >= 15 is 0 Å². The molecule has 1 heterocycles. The number of likely N-dealkylation sites (tertiary alicyclic amines) is 1. The highest BCUT2D eigenvalue weighted by molar-refractivity contribution is 5.91. The predicted molar refractivity (Wildman–Crippen MR) is 151 cm³/mol. The van der Waals surface area contributed by atoms with Crippen LogP contribution in [0.3, 0.4) is 0 Å². The van der Waals surface area contributed by atoms with E-state index in [1.807, 2.05) is 80.3 Å². The molecule has 0 aliphatic carbocycles. The molecule has 212 valence electrons. The van der Waals surface area contributed by atoms with E-state index < -0.39 is 17.9 Å². The van der Waals surface area contributed by atoms with Gasteiger partial charge in [0.25, 0.3) is 0 Å². The molecule has 1 fully saturated rings. The fraction of sp³-hybridized carbons (Fsp3) is 0.516. The highest BCUT2D eigenvalue weighted by atomic mass is 16.6. The predicted octanol–water partition coefficient (Wildman–Crippen LogP) is 5.23. The number of carbonyl (C=O) groups excluding carboxylic acids is 3. The van der Waals surface area contributed by atoms with Crippen molar-refractivity contribution >= 4 is 17.7 Å². The molecule has 2 N–H and O–H groups in total. The molecule has 3 atom stereocenters. The van der Waals surface area contributed by atoms with E-state index in [0.29, 0.717) is 38.1 Å². The minimum atomic E-state index is -0.619. The van der Waals surface area contributed by atoms with E-state index in [-0.39, 0.29) is 23.6 Å². The van der Waals surface area contributed by atoms with Gasteiger partial charge in [-0.15, -0.1) is 0 Å². The van der Waals surface area contributed by atoms with Crippen molar-refractivity contribution < 1.29 is 24.0 Å². The number of rotatable bonds is 13. The number of nitrogens with zero attached hydrogens (tertiary/aromatic N) is 1. The number of carbonyl (C=O) groups is 3. The third-order valence-electron chi connectivity index (χ3n) is 7.03. The highest BCUT2D eigenvalue weighted by Crippen LogP contribution is 2.27. The zero-order valence-corrected chi connectivity index (χ0v) is 23.7. The van der Waals surface area contributed by atoms with Crippen LogP contribution in [0.2, 0.25) is 0 Å².